The number of alkyl halides is 3. The van der Waals surface area contributed by atoms with Crippen LogP contribution in [0.5, 0.6) is 0 Å². The summed E-state index contributed by atoms with van der Waals surface area (Å²) in [4.78, 5) is 15.4. The molecule has 1 atom stereocenters. The number of carbonyl (C=O) groups is 1. The summed E-state index contributed by atoms with van der Waals surface area (Å²) in [5.41, 5.74) is -0.717. The third-order valence-corrected chi connectivity index (χ3v) is 8.07. The molecule has 11 heteroatoms. The molecule has 0 saturated heterocycles. The number of benzene rings is 2. The van der Waals surface area contributed by atoms with Crippen LogP contribution < -0.4 is 4.90 Å². The van der Waals surface area contributed by atoms with Gasteiger partial charge in [-0.15, -0.1) is 0 Å². The van der Waals surface area contributed by atoms with Gasteiger partial charge in [-0.2, -0.15) is 23.7 Å². The Morgan fingerprint density at radius 1 is 1.05 bits per heavy atom. The van der Waals surface area contributed by atoms with Gasteiger partial charge >= 0.3 is 12.2 Å². The van der Waals surface area contributed by atoms with E-state index in [0.717, 1.165) is 28.4 Å². The smallest absolute Gasteiger partial charge is 0.315 e. The fraction of sp³-hybridized carbons (Fsp3) is 0.346. The number of nitrogens with zero attached hydrogens (tertiary/aromatic N) is 4. The van der Waals surface area contributed by atoms with Gasteiger partial charge in [-0.3, -0.25) is 4.90 Å². The normalized spacial score (nSPS) is 16.5. The molecule has 37 heavy (non-hydrogen) atoms. The maximum Gasteiger partial charge on any atom is 0.416 e. The number of amides is 2. The van der Waals surface area contributed by atoms with Gasteiger partial charge in [0.15, 0.2) is 9.84 Å². The molecule has 0 aliphatic carbocycles. The van der Waals surface area contributed by atoms with Crippen molar-refractivity contribution in [1.82, 2.24) is 4.90 Å². The van der Waals surface area contributed by atoms with Crippen LogP contribution in [0, 0.1) is 22.7 Å². The van der Waals surface area contributed by atoms with Crippen molar-refractivity contribution < 1.29 is 26.4 Å². The Morgan fingerprint density at radius 2 is 1.76 bits per heavy atom. The number of allylic oxidation sites excluding steroid dienone is 1. The average Bonchev–Trinajstić information content (AvgIpc) is 2.85. The monoisotopic (exact) mass is 530 g/mol. The molecule has 0 N–H and O–H groups in total. The van der Waals surface area contributed by atoms with Gasteiger partial charge in [0.25, 0.3) is 0 Å². The first-order valence-electron chi connectivity index (χ1n) is 11.5. The summed E-state index contributed by atoms with van der Waals surface area (Å²) >= 11 is 0. The van der Waals surface area contributed by atoms with Gasteiger partial charge in [0, 0.05) is 12.7 Å². The van der Waals surface area contributed by atoms with Gasteiger partial charge in [-0.25, -0.2) is 13.2 Å². The third kappa shape index (κ3) is 5.47. The Hall–Kier alpha value is -3.83. The summed E-state index contributed by atoms with van der Waals surface area (Å²) in [6.07, 6.45) is -2.75. The van der Waals surface area contributed by atoms with Crippen LogP contribution in [0.2, 0.25) is 0 Å². The molecule has 194 valence electrons. The zero-order chi connectivity index (χ0) is 27.5. The lowest BCUT2D eigenvalue weighted by Gasteiger charge is -2.40. The quantitative estimate of drug-likeness (QED) is 0.411. The number of urea groups is 1. The van der Waals surface area contributed by atoms with Crippen molar-refractivity contribution in [3.63, 3.8) is 0 Å². The minimum atomic E-state index is -4.64. The highest BCUT2D eigenvalue weighted by Crippen LogP contribution is 2.41. The molecule has 0 bridgehead atoms. The second-order valence-electron chi connectivity index (χ2n) is 8.68. The first-order valence-corrected chi connectivity index (χ1v) is 13.1. The topological polar surface area (TPSA) is 105 Å². The molecule has 1 aliphatic rings. The van der Waals surface area contributed by atoms with Crippen molar-refractivity contribution in [2.45, 2.75) is 50.2 Å². The Balaban J connectivity index is 2.21. The number of hydrogen-bond acceptors (Lipinski definition) is 5. The van der Waals surface area contributed by atoms with E-state index in [1.165, 1.54) is 44.3 Å². The Kier molecular flexibility index (Phi) is 7.99. The van der Waals surface area contributed by atoms with Crippen LogP contribution in [0.1, 0.15) is 55.8 Å². The fourth-order valence-electron chi connectivity index (χ4n) is 4.31. The van der Waals surface area contributed by atoms with Crippen molar-refractivity contribution >= 4 is 21.6 Å². The second kappa shape index (κ2) is 10.7. The molecule has 0 unspecified atom stereocenters. The molecule has 0 fully saturated rings. The van der Waals surface area contributed by atoms with Crippen LogP contribution in [0.4, 0.5) is 23.7 Å². The molecular formula is C26H25F3N4O3S. The molecule has 0 saturated carbocycles. The van der Waals surface area contributed by atoms with E-state index in [9.17, 15) is 36.9 Å². The number of rotatable bonds is 7. The highest BCUT2D eigenvalue weighted by Gasteiger charge is 2.41. The molecule has 1 heterocycles. The van der Waals surface area contributed by atoms with Crippen LogP contribution >= 0.6 is 0 Å². The summed E-state index contributed by atoms with van der Waals surface area (Å²) in [5, 5.41) is 19.4. The Bertz CT molecular complexity index is 1440. The molecule has 0 radical (unpaired) electrons. The third-order valence-electron chi connectivity index (χ3n) is 6.22. The number of anilines is 1. The van der Waals surface area contributed by atoms with Crippen LogP contribution in [-0.4, -0.2) is 32.1 Å². The number of hydrogen-bond donors (Lipinski definition) is 0. The van der Waals surface area contributed by atoms with E-state index in [4.69, 9.17) is 0 Å². The number of unbranched alkanes of at least 4 members (excludes halogenated alkanes) is 2. The molecule has 3 rings (SSSR count). The van der Waals surface area contributed by atoms with Crippen molar-refractivity contribution in [2.24, 2.45) is 0 Å². The van der Waals surface area contributed by atoms with E-state index in [-0.39, 0.29) is 38.7 Å². The molecule has 0 spiro atoms. The number of nitriles is 2. The predicted molar refractivity (Wildman–Crippen MR) is 131 cm³/mol. The first kappa shape index (κ1) is 27.8. The lowest BCUT2D eigenvalue weighted by molar-refractivity contribution is -0.137. The highest BCUT2D eigenvalue weighted by atomic mass is 32.2. The van der Waals surface area contributed by atoms with E-state index < -0.39 is 33.6 Å². The van der Waals surface area contributed by atoms with Crippen molar-refractivity contribution in [3.8, 4) is 12.1 Å². The van der Waals surface area contributed by atoms with E-state index in [1.807, 2.05) is 19.1 Å². The molecular weight excluding hydrogens is 505 g/mol. The lowest BCUT2D eigenvalue weighted by Crippen LogP contribution is -2.47. The number of carbonyl (C=O) groups excluding carboxylic acids is 1. The minimum Gasteiger partial charge on any atom is -0.315 e. The van der Waals surface area contributed by atoms with Crippen LogP contribution in [0.25, 0.3) is 0 Å². The summed E-state index contributed by atoms with van der Waals surface area (Å²) in [7, 11) is -2.53. The second-order valence-corrected chi connectivity index (χ2v) is 10.8. The fourth-order valence-corrected chi connectivity index (χ4v) is 5.96. The number of sulfone groups is 1. The lowest BCUT2D eigenvalue weighted by atomic mass is 9.93. The molecule has 7 nitrogen and oxygen atoms in total. The maximum absolute atomic E-state index is 13.5. The molecule has 0 aromatic heterocycles. The number of likely N-dealkylation sites (N-methyl/N-ethyl adjacent to an activating group) is 1. The summed E-state index contributed by atoms with van der Waals surface area (Å²) in [6.45, 7) is 3.36. The van der Waals surface area contributed by atoms with Crippen molar-refractivity contribution in [2.75, 3.05) is 17.7 Å². The van der Waals surface area contributed by atoms with E-state index in [2.05, 4.69) is 0 Å². The Labute approximate surface area is 213 Å². The van der Waals surface area contributed by atoms with E-state index in [0.29, 0.717) is 12.8 Å². The van der Waals surface area contributed by atoms with Gasteiger partial charge in [0.05, 0.1) is 51.2 Å². The van der Waals surface area contributed by atoms with Gasteiger partial charge in [-0.05, 0) is 49.2 Å². The van der Waals surface area contributed by atoms with Gasteiger partial charge in [0.1, 0.15) is 0 Å². The van der Waals surface area contributed by atoms with Gasteiger partial charge in [0.2, 0.25) is 0 Å². The largest absolute Gasteiger partial charge is 0.416 e. The van der Waals surface area contributed by atoms with E-state index >= 15 is 0 Å². The average molecular weight is 531 g/mol. The molecule has 1 aliphatic heterocycles. The van der Waals surface area contributed by atoms with Crippen LogP contribution in [0.3, 0.4) is 0 Å². The maximum atomic E-state index is 13.5. The minimum absolute atomic E-state index is 0.00534. The van der Waals surface area contributed by atoms with Crippen LogP contribution in [0.15, 0.2) is 58.6 Å². The first-order chi connectivity index (χ1) is 17.4. The van der Waals surface area contributed by atoms with Crippen molar-refractivity contribution in [3.05, 3.63) is 70.4 Å². The van der Waals surface area contributed by atoms with Crippen molar-refractivity contribution in [1.29, 1.82) is 10.5 Å². The molecule has 2 aromatic rings. The van der Waals surface area contributed by atoms with Gasteiger partial charge in [-0.1, -0.05) is 31.9 Å². The van der Waals surface area contributed by atoms with E-state index in [1.54, 1.807) is 0 Å². The predicted octanol–water partition coefficient (Wildman–Crippen LogP) is 5.95. The highest BCUT2D eigenvalue weighted by molar-refractivity contribution is 7.91. The zero-order valence-corrected chi connectivity index (χ0v) is 21.3. The zero-order valence-electron chi connectivity index (χ0n) is 20.5. The SMILES string of the molecule is CCCCCS(=O)(=O)c1cc(C#N)ccc1[C@@H]1C(C#N)=C(C)N(c2cccc(C(F)(F)F)c2)C(=O)N1C. The summed E-state index contributed by atoms with van der Waals surface area (Å²) < 4.78 is 66.5. The summed E-state index contributed by atoms with van der Waals surface area (Å²) in [6, 6.07) is 10.3. The molecule has 2 aromatic carbocycles. The standard InChI is InChI=1S/C26H25F3N4O3S/c1-4-5-6-12-37(35,36)23-13-18(15-30)10-11-21(23)24-22(16-31)17(2)33(25(34)32(24)3)20-9-7-8-19(14-20)26(27,28)29/h7-11,13-14,24H,4-6,12H2,1-3H3/t24-/m1/s1. The summed E-state index contributed by atoms with van der Waals surface area (Å²) in [5.74, 6) is -0.173. The number of halogens is 3. The Morgan fingerprint density at radius 3 is 2.35 bits per heavy atom. The molecule has 2 amide bonds. The van der Waals surface area contributed by atoms with Crippen LogP contribution in [-0.2, 0) is 16.0 Å². The van der Waals surface area contributed by atoms with Gasteiger partial charge < -0.3 is 4.90 Å².